The van der Waals surface area contributed by atoms with Crippen LogP contribution in [0.25, 0.3) is 0 Å². The number of benzene rings is 3. The number of hydrogen-bond acceptors (Lipinski definition) is 6. The third kappa shape index (κ3) is 7.22. The Balaban J connectivity index is 1.78. The van der Waals surface area contributed by atoms with Crippen molar-refractivity contribution in [2.75, 3.05) is 16.4 Å². The minimum absolute atomic E-state index is 0.0386. The van der Waals surface area contributed by atoms with Gasteiger partial charge in [0.1, 0.15) is 11.9 Å². The molecule has 0 radical (unpaired) electrons. The van der Waals surface area contributed by atoms with E-state index in [9.17, 15) is 14.7 Å². The smallest absolute Gasteiger partial charge is 0.412 e. The van der Waals surface area contributed by atoms with E-state index in [4.69, 9.17) is 15.7 Å². The molecule has 0 saturated heterocycles. The number of ether oxygens (including phenoxy) is 1. The summed E-state index contributed by atoms with van der Waals surface area (Å²) >= 11 is 2.10. The van der Waals surface area contributed by atoms with E-state index in [2.05, 4.69) is 33.2 Å². The number of phenols is 1. The van der Waals surface area contributed by atoms with Crippen molar-refractivity contribution in [3.8, 4) is 11.8 Å². The summed E-state index contributed by atoms with van der Waals surface area (Å²) < 4.78 is 6.52. The summed E-state index contributed by atoms with van der Waals surface area (Å²) in [4.78, 5) is 25.1. The Hall–Kier alpha value is -4.04. The summed E-state index contributed by atoms with van der Waals surface area (Å²) in [6.07, 6.45) is 1.28. The van der Waals surface area contributed by atoms with Gasteiger partial charge in [0.15, 0.2) is 0 Å². The molecule has 0 spiro atoms. The van der Waals surface area contributed by atoms with Crippen molar-refractivity contribution in [1.29, 1.82) is 5.26 Å². The van der Waals surface area contributed by atoms with E-state index >= 15 is 0 Å². The fourth-order valence-electron chi connectivity index (χ4n) is 3.22. The quantitative estimate of drug-likeness (QED) is 0.163. The Bertz CT molecular complexity index is 1290. The van der Waals surface area contributed by atoms with Gasteiger partial charge in [0.25, 0.3) is 0 Å². The number of nitrogen functional groups attached to an aromatic ring is 1. The van der Waals surface area contributed by atoms with Crippen LogP contribution in [-0.2, 0) is 9.53 Å². The summed E-state index contributed by atoms with van der Waals surface area (Å²) in [5.74, 6) is -0.921. The lowest BCUT2D eigenvalue weighted by Crippen LogP contribution is -2.21. The molecule has 2 amide bonds. The lowest BCUT2D eigenvalue weighted by molar-refractivity contribution is -0.111. The van der Waals surface area contributed by atoms with E-state index in [1.165, 1.54) is 12.1 Å². The SMILES string of the molecule is C[C@H](/C=C/C(=O)Nc1ccccc1N)[C@H](OC(=O)Nc1ccc(C#N)cc1)c1cc(I)ccc1O. The summed E-state index contributed by atoms with van der Waals surface area (Å²) in [7, 11) is 0. The monoisotopic (exact) mass is 582 g/mol. The lowest BCUT2D eigenvalue weighted by atomic mass is 9.96. The molecule has 0 fully saturated rings. The first-order valence-electron chi connectivity index (χ1n) is 10.6. The van der Waals surface area contributed by atoms with Crippen molar-refractivity contribution < 1.29 is 19.4 Å². The first kappa shape index (κ1) is 25.6. The van der Waals surface area contributed by atoms with Gasteiger partial charge in [0, 0.05) is 20.7 Å². The number of halogens is 1. The molecule has 8 nitrogen and oxygen atoms in total. The maximum Gasteiger partial charge on any atom is 0.412 e. The van der Waals surface area contributed by atoms with Gasteiger partial charge in [-0.2, -0.15) is 5.26 Å². The Labute approximate surface area is 216 Å². The van der Waals surface area contributed by atoms with Gasteiger partial charge >= 0.3 is 6.09 Å². The van der Waals surface area contributed by atoms with Crippen LogP contribution in [-0.4, -0.2) is 17.1 Å². The van der Waals surface area contributed by atoms with Crippen LogP contribution in [0, 0.1) is 20.8 Å². The zero-order valence-corrected chi connectivity index (χ0v) is 20.9. The summed E-state index contributed by atoms with van der Waals surface area (Å²) in [6, 6.07) is 20.2. The van der Waals surface area contributed by atoms with E-state index in [1.54, 1.807) is 73.7 Å². The third-order valence-corrected chi connectivity index (χ3v) is 5.71. The van der Waals surface area contributed by atoms with Crippen molar-refractivity contribution in [3.05, 3.63) is 93.6 Å². The van der Waals surface area contributed by atoms with Crippen molar-refractivity contribution >= 4 is 51.7 Å². The van der Waals surface area contributed by atoms with Crippen LogP contribution < -0.4 is 16.4 Å². The van der Waals surface area contributed by atoms with Crippen LogP contribution in [0.2, 0.25) is 0 Å². The minimum Gasteiger partial charge on any atom is -0.508 e. The fraction of sp³-hybridized carbons (Fsp3) is 0.115. The molecule has 0 heterocycles. The van der Waals surface area contributed by atoms with Crippen LogP contribution in [0.1, 0.15) is 24.2 Å². The van der Waals surface area contributed by atoms with Gasteiger partial charge in [-0.05, 0) is 83.3 Å². The highest BCUT2D eigenvalue weighted by molar-refractivity contribution is 14.1. The van der Waals surface area contributed by atoms with Crippen molar-refractivity contribution in [3.63, 3.8) is 0 Å². The first-order chi connectivity index (χ1) is 16.8. The van der Waals surface area contributed by atoms with Gasteiger partial charge < -0.3 is 20.9 Å². The maximum absolute atomic E-state index is 12.7. The average molecular weight is 582 g/mol. The molecule has 0 aliphatic rings. The van der Waals surface area contributed by atoms with E-state index in [-0.39, 0.29) is 5.75 Å². The predicted molar refractivity (Wildman–Crippen MR) is 143 cm³/mol. The molecular formula is C26H23IN4O4. The van der Waals surface area contributed by atoms with Crippen LogP contribution in [0.5, 0.6) is 5.75 Å². The van der Waals surface area contributed by atoms with Crippen molar-refractivity contribution in [1.82, 2.24) is 0 Å². The molecule has 3 aromatic carbocycles. The van der Waals surface area contributed by atoms with E-state index in [0.717, 1.165) is 3.57 Å². The number of para-hydroxylation sites is 2. The maximum atomic E-state index is 12.7. The number of carbonyl (C=O) groups is 2. The zero-order chi connectivity index (χ0) is 25.4. The molecule has 2 atom stereocenters. The molecule has 3 rings (SSSR count). The highest BCUT2D eigenvalue weighted by Crippen LogP contribution is 2.35. The van der Waals surface area contributed by atoms with E-state index in [1.807, 2.05) is 6.07 Å². The number of nitrogens with two attached hydrogens (primary N) is 1. The van der Waals surface area contributed by atoms with E-state index in [0.29, 0.717) is 28.2 Å². The predicted octanol–water partition coefficient (Wildman–Crippen LogP) is 5.57. The number of amides is 2. The van der Waals surface area contributed by atoms with Crippen LogP contribution >= 0.6 is 22.6 Å². The molecule has 0 saturated carbocycles. The molecule has 0 aromatic heterocycles. The van der Waals surface area contributed by atoms with Gasteiger partial charge in [0.2, 0.25) is 5.91 Å². The highest BCUT2D eigenvalue weighted by Gasteiger charge is 2.25. The number of nitriles is 1. The van der Waals surface area contributed by atoms with Crippen molar-refractivity contribution in [2.24, 2.45) is 5.92 Å². The molecule has 178 valence electrons. The van der Waals surface area contributed by atoms with Crippen molar-refractivity contribution in [2.45, 2.75) is 13.0 Å². The van der Waals surface area contributed by atoms with Gasteiger partial charge in [-0.3, -0.25) is 10.1 Å². The Morgan fingerprint density at radius 3 is 2.51 bits per heavy atom. The number of anilines is 3. The van der Waals surface area contributed by atoms with Gasteiger partial charge in [-0.1, -0.05) is 25.1 Å². The second kappa shape index (κ2) is 11.9. The molecule has 0 unspecified atom stereocenters. The molecule has 3 aromatic rings. The number of aromatic hydroxyl groups is 1. The first-order valence-corrected chi connectivity index (χ1v) is 11.6. The highest BCUT2D eigenvalue weighted by atomic mass is 127. The lowest BCUT2D eigenvalue weighted by Gasteiger charge is -2.23. The number of rotatable bonds is 7. The van der Waals surface area contributed by atoms with Gasteiger partial charge in [0.05, 0.1) is 23.0 Å². The molecule has 0 bridgehead atoms. The molecule has 5 N–H and O–H groups in total. The minimum atomic E-state index is -0.894. The second-order valence-corrected chi connectivity index (χ2v) is 8.88. The molecular weight excluding hydrogens is 559 g/mol. The van der Waals surface area contributed by atoms with Gasteiger partial charge in [-0.15, -0.1) is 0 Å². The van der Waals surface area contributed by atoms with Crippen LogP contribution in [0.3, 0.4) is 0 Å². The average Bonchev–Trinajstić information content (AvgIpc) is 2.84. The molecule has 0 aliphatic carbocycles. The molecule has 9 heteroatoms. The number of phenolic OH excluding ortho intramolecular Hbond substituents is 1. The Morgan fingerprint density at radius 2 is 1.83 bits per heavy atom. The fourth-order valence-corrected chi connectivity index (χ4v) is 3.74. The molecule has 0 aliphatic heterocycles. The normalized spacial score (nSPS) is 12.4. The van der Waals surface area contributed by atoms with Crippen LogP contribution in [0.15, 0.2) is 78.9 Å². The van der Waals surface area contributed by atoms with E-state index < -0.39 is 24.0 Å². The zero-order valence-electron chi connectivity index (χ0n) is 18.7. The second-order valence-electron chi connectivity index (χ2n) is 7.64. The summed E-state index contributed by atoms with van der Waals surface area (Å²) in [5.41, 5.74) is 8.09. The Kier molecular flexibility index (Phi) is 8.69. The standard InChI is InChI=1S/C26H23IN4O4/c1-16(6-13-24(33)31-22-5-3-2-4-21(22)29)25(20-14-18(27)9-12-23(20)32)35-26(34)30-19-10-7-17(15-28)8-11-19/h2-14,16,25,32H,29H2,1H3,(H,30,34)(H,31,33)/b13-6+/t16-,25+/m1/s1. The number of nitrogens with one attached hydrogen (secondary N) is 2. The number of carbonyl (C=O) groups excluding carboxylic acids is 2. The number of nitrogens with zero attached hydrogens (tertiary/aromatic N) is 1. The summed E-state index contributed by atoms with van der Waals surface area (Å²) in [6.45, 7) is 1.76. The third-order valence-electron chi connectivity index (χ3n) is 5.04. The largest absolute Gasteiger partial charge is 0.508 e. The Morgan fingerprint density at radius 1 is 1.11 bits per heavy atom. The topological polar surface area (TPSA) is 137 Å². The molecule has 35 heavy (non-hydrogen) atoms. The van der Waals surface area contributed by atoms with Gasteiger partial charge in [-0.25, -0.2) is 4.79 Å². The van der Waals surface area contributed by atoms with Crippen LogP contribution in [0.4, 0.5) is 21.9 Å². The summed E-state index contributed by atoms with van der Waals surface area (Å²) in [5, 5.41) is 24.7. The number of hydrogen-bond donors (Lipinski definition) is 4.